The fraction of sp³-hybridized carbons (Fsp3) is 0.222. The van der Waals surface area contributed by atoms with Crippen LogP contribution in [0.3, 0.4) is 0 Å². The van der Waals surface area contributed by atoms with Crippen molar-refractivity contribution in [3.8, 4) is 0 Å². The molecule has 0 saturated heterocycles. The Labute approximate surface area is 85.8 Å². The zero-order valence-corrected chi connectivity index (χ0v) is 9.20. The largest absolute Gasteiger partial charge is 0.399 e. The highest BCUT2D eigenvalue weighted by Crippen LogP contribution is 2.12. The molecule has 1 aromatic carbocycles. The Hall–Kier alpha value is -0.580. The van der Waals surface area contributed by atoms with Crippen LogP contribution in [0.2, 0.25) is 0 Å². The first-order valence-electron chi connectivity index (χ1n) is 3.58. The second-order valence-corrected chi connectivity index (χ2v) is 3.50. The lowest BCUT2D eigenvalue weighted by Crippen LogP contribution is -1.97. The summed E-state index contributed by atoms with van der Waals surface area (Å²) in [6, 6.07) is 8.07. The van der Waals surface area contributed by atoms with Crippen LogP contribution in [0.1, 0.15) is 12.5 Å². The van der Waals surface area contributed by atoms with Crippen LogP contribution in [-0.2, 0) is 4.84 Å². The van der Waals surface area contributed by atoms with Gasteiger partial charge in [0.15, 0.2) is 0 Å². The SMILES string of the molecule is CO/N=C(/C)c1ccccc1I. The van der Waals surface area contributed by atoms with Gasteiger partial charge in [0, 0.05) is 9.13 Å². The summed E-state index contributed by atoms with van der Waals surface area (Å²) >= 11 is 2.28. The average Bonchev–Trinajstić information content (AvgIpc) is 2.05. The fourth-order valence-corrected chi connectivity index (χ4v) is 1.72. The summed E-state index contributed by atoms with van der Waals surface area (Å²) in [5.74, 6) is 0. The minimum atomic E-state index is 0.905. The quantitative estimate of drug-likeness (QED) is 0.462. The molecule has 3 heteroatoms. The van der Waals surface area contributed by atoms with Gasteiger partial charge in [0.1, 0.15) is 7.11 Å². The third-order valence-electron chi connectivity index (χ3n) is 1.49. The van der Waals surface area contributed by atoms with E-state index in [1.54, 1.807) is 7.11 Å². The average molecular weight is 275 g/mol. The van der Waals surface area contributed by atoms with Gasteiger partial charge in [0.25, 0.3) is 0 Å². The molecule has 0 amide bonds. The van der Waals surface area contributed by atoms with Gasteiger partial charge in [-0.2, -0.15) is 0 Å². The Balaban J connectivity index is 3.02. The molecule has 2 nitrogen and oxygen atoms in total. The van der Waals surface area contributed by atoms with Crippen molar-refractivity contribution < 1.29 is 4.84 Å². The van der Waals surface area contributed by atoms with E-state index in [0.29, 0.717) is 0 Å². The molecule has 0 heterocycles. The zero-order chi connectivity index (χ0) is 8.97. The van der Waals surface area contributed by atoms with Crippen molar-refractivity contribution in [2.75, 3.05) is 7.11 Å². The van der Waals surface area contributed by atoms with Gasteiger partial charge in [0.2, 0.25) is 0 Å². The minimum absolute atomic E-state index is 0.905. The third kappa shape index (κ3) is 2.20. The lowest BCUT2D eigenvalue weighted by atomic mass is 10.1. The van der Waals surface area contributed by atoms with Crippen LogP contribution in [0.5, 0.6) is 0 Å². The summed E-state index contributed by atoms with van der Waals surface area (Å²) < 4.78 is 1.19. The molecule has 0 unspecified atom stereocenters. The van der Waals surface area contributed by atoms with Crippen molar-refractivity contribution in [3.05, 3.63) is 33.4 Å². The van der Waals surface area contributed by atoms with Crippen LogP contribution in [0.25, 0.3) is 0 Å². The molecule has 0 aliphatic rings. The van der Waals surface area contributed by atoms with Gasteiger partial charge >= 0.3 is 0 Å². The maximum absolute atomic E-state index is 4.70. The van der Waals surface area contributed by atoms with Crippen molar-refractivity contribution >= 4 is 28.3 Å². The number of nitrogens with zero attached hydrogens (tertiary/aromatic N) is 1. The van der Waals surface area contributed by atoms with E-state index in [1.165, 1.54) is 3.57 Å². The summed E-state index contributed by atoms with van der Waals surface area (Å²) in [5, 5.41) is 3.87. The molecule has 64 valence electrons. The normalized spacial score (nSPS) is 11.4. The van der Waals surface area contributed by atoms with Crippen LogP contribution in [0, 0.1) is 3.57 Å². The van der Waals surface area contributed by atoms with E-state index in [2.05, 4.69) is 27.7 Å². The molecule has 1 aromatic rings. The zero-order valence-electron chi connectivity index (χ0n) is 7.04. The number of hydrogen-bond donors (Lipinski definition) is 0. The smallest absolute Gasteiger partial charge is 0.106 e. The number of benzene rings is 1. The first kappa shape index (κ1) is 9.51. The second-order valence-electron chi connectivity index (χ2n) is 2.34. The van der Waals surface area contributed by atoms with E-state index in [1.807, 2.05) is 31.2 Å². The monoisotopic (exact) mass is 275 g/mol. The number of oxime groups is 1. The standard InChI is InChI=1S/C9H10INO/c1-7(11-12-2)8-5-3-4-6-9(8)10/h3-6H,1-2H3/b11-7-. The van der Waals surface area contributed by atoms with Crippen LogP contribution < -0.4 is 0 Å². The molecule has 0 spiro atoms. The van der Waals surface area contributed by atoms with Crippen molar-refractivity contribution in [2.45, 2.75) is 6.92 Å². The predicted molar refractivity (Wildman–Crippen MR) is 58.4 cm³/mol. The highest BCUT2D eigenvalue weighted by atomic mass is 127. The molecule has 0 atom stereocenters. The maximum Gasteiger partial charge on any atom is 0.106 e. The Kier molecular flexibility index (Phi) is 3.52. The third-order valence-corrected chi connectivity index (χ3v) is 2.43. The molecular weight excluding hydrogens is 265 g/mol. The van der Waals surface area contributed by atoms with E-state index in [-0.39, 0.29) is 0 Å². The number of halogens is 1. The summed E-state index contributed by atoms with van der Waals surface area (Å²) in [7, 11) is 1.55. The summed E-state index contributed by atoms with van der Waals surface area (Å²) in [6.45, 7) is 1.93. The molecule has 0 bridgehead atoms. The van der Waals surface area contributed by atoms with E-state index in [4.69, 9.17) is 4.84 Å². The van der Waals surface area contributed by atoms with Crippen molar-refractivity contribution in [3.63, 3.8) is 0 Å². The summed E-state index contributed by atoms with van der Waals surface area (Å²) in [5.41, 5.74) is 2.03. The van der Waals surface area contributed by atoms with Crippen LogP contribution in [0.15, 0.2) is 29.4 Å². The van der Waals surface area contributed by atoms with Gasteiger partial charge < -0.3 is 4.84 Å². The van der Waals surface area contributed by atoms with Gasteiger partial charge in [0.05, 0.1) is 5.71 Å². The molecule has 0 aliphatic heterocycles. The van der Waals surface area contributed by atoms with E-state index in [0.717, 1.165) is 11.3 Å². The van der Waals surface area contributed by atoms with E-state index in [9.17, 15) is 0 Å². The van der Waals surface area contributed by atoms with E-state index < -0.39 is 0 Å². The van der Waals surface area contributed by atoms with Gasteiger partial charge in [-0.15, -0.1) is 0 Å². The van der Waals surface area contributed by atoms with Gasteiger partial charge in [-0.1, -0.05) is 23.4 Å². The number of rotatable bonds is 2. The van der Waals surface area contributed by atoms with Gasteiger partial charge in [-0.3, -0.25) is 0 Å². The fourth-order valence-electron chi connectivity index (χ4n) is 0.941. The van der Waals surface area contributed by atoms with Crippen LogP contribution in [0.4, 0.5) is 0 Å². The summed E-state index contributed by atoms with van der Waals surface area (Å²) in [4.78, 5) is 4.70. The molecular formula is C9H10INO. The topological polar surface area (TPSA) is 21.6 Å². The van der Waals surface area contributed by atoms with Gasteiger partial charge in [-0.25, -0.2) is 0 Å². The second kappa shape index (κ2) is 4.45. The predicted octanol–water partition coefficient (Wildman–Crippen LogP) is 2.66. The summed E-state index contributed by atoms with van der Waals surface area (Å²) in [6.07, 6.45) is 0. The van der Waals surface area contributed by atoms with Crippen molar-refractivity contribution in [2.24, 2.45) is 5.16 Å². The molecule has 1 rings (SSSR count). The number of hydrogen-bond acceptors (Lipinski definition) is 2. The van der Waals surface area contributed by atoms with Crippen LogP contribution in [-0.4, -0.2) is 12.8 Å². The molecule has 0 aliphatic carbocycles. The highest BCUT2D eigenvalue weighted by Gasteiger charge is 2.01. The molecule has 0 fully saturated rings. The molecule has 0 N–H and O–H groups in total. The maximum atomic E-state index is 4.70. The first-order chi connectivity index (χ1) is 5.75. The molecule has 0 saturated carbocycles. The van der Waals surface area contributed by atoms with Crippen molar-refractivity contribution in [1.29, 1.82) is 0 Å². The lowest BCUT2D eigenvalue weighted by Gasteiger charge is -2.01. The van der Waals surface area contributed by atoms with Crippen molar-refractivity contribution in [1.82, 2.24) is 0 Å². The lowest BCUT2D eigenvalue weighted by molar-refractivity contribution is 0.213. The Morgan fingerprint density at radius 2 is 2.08 bits per heavy atom. The Bertz CT molecular complexity index is 296. The Morgan fingerprint density at radius 3 is 2.67 bits per heavy atom. The first-order valence-corrected chi connectivity index (χ1v) is 4.66. The molecule has 0 radical (unpaired) electrons. The van der Waals surface area contributed by atoms with Gasteiger partial charge in [-0.05, 0) is 35.6 Å². The van der Waals surface area contributed by atoms with Crippen LogP contribution >= 0.6 is 22.6 Å². The highest BCUT2D eigenvalue weighted by molar-refractivity contribution is 14.1. The Morgan fingerprint density at radius 1 is 1.42 bits per heavy atom. The molecule has 12 heavy (non-hydrogen) atoms. The minimum Gasteiger partial charge on any atom is -0.399 e. The molecule has 0 aromatic heterocycles. The van der Waals surface area contributed by atoms with E-state index >= 15 is 0 Å².